The Morgan fingerprint density at radius 3 is 1.96 bits per heavy atom. The number of aromatic nitrogens is 1. The van der Waals surface area contributed by atoms with E-state index in [2.05, 4.69) is 48.5 Å². The Hall–Kier alpha value is -3.44. The predicted octanol–water partition coefficient (Wildman–Crippen LogP) is 5.44. The van der Waals surface area contributed by atoms with E-state index in [4.69, 9.17) is 10.2 Å². The molecule has 0 N–H and O–H groups in total. The van der Waals surface area contributed by atoms with Gasteiger partial charge in [0, 0.05) is 10.9 Å². The van der Waals surface area contributed by atoms with Crippen LogP contribution in [0.5, 0.6) is 0 Å². The van der Waals surface area contributed by atoms with Crippen LogP contribution in [0.25, 0.3) is 33.3 Å². The summed E-state index contributed by atoms with van der Waals surface area (Å²) in [6.07, 6.45) is 0. The average molecular weight is 306 g/mol. The van der Waals surface area contributed by atoms with Crippen LogP contribution in [0.15, 0.2) is 84.9 Å². The third-order valence-electron chi connectivity index (χ3n) is 4.13. The molecule has 0 aliphatic carbocycles. The molecule has 112 valence electrons. The molecule has 4 rings (SSSR count). The van der Waals surface area contributed by atoms with Crippen LogP contribution in [0.4, 0.5) is 0 Å². The molecule has 0 fully saturated rings. The number of nitriles is 1. The molecule has 4 aromatic rings. The third-order valence-corrected chi connectivity index (χ3v) is 4.13. The lowest BCUT2D eigenvalue weighted by molar-refractivity contribution is 1.40. The van der Waals surface area contributed by atoms with Gasteiger partial charge < -0.3 is 0 Å². The van der Waals surface area contributed by atoms with Crippen molar-refractivity contribution in [2.24, 2.45) is 0 Å². The monoisotopic (exact) mass is 306 g/mol. The fourth-order valence-electron chi connectivity index (χ4n) is 2.80. The third kappa shape index (κ3) is 2.64. The molecule has 24 heavy (non-hydrogen) atoms. The molecule has 0 amide bonds. The van der Waals surface area contributed by atoms with Gasteiger partial charge in [-0.3, -0.25) is 0 Å². The summed E-state index contributed by atoms with van der Waals surface area (Å²) < 4.78 is 0. The van der Waals surface area contributed by atoms with Crippen LogP contribution in [0.1, 0.15) is 5.56 Å². The molecule has 0 atom stereocenters. The lowest BCUT2D eigenvalue weighted by Gasteiger charge is -2.06. The Morgan fingerprint density at radius 2 is 1.25 bits per heavy atom. The number of fused-ring (bicyclic) bond motifs is 1. The van der Waals surface area contributed by atoms with Crippen molar-refractivity contribution in [1.82, 2.24) is 4.98 Å². The number of para-hydroxylation sites is 1. The fourth-order valence-corrected chi connectivity index (χ4v) is 2.80. The molecule has 0 aliphatic rings. The van der Waals surface area contributed by atoms with E-state index in [9.17, 15) is 0 Å². The van der Waals surface area contributed by atoms with Crippen molar-refractivity contribution in [3.8, 4) is 28.5 Å². The van der Waals surface area contributed by atoms with Gasteiger partial charge in [-0.2, -0.15) is 5.26 Å². The molecule has 1 heterocycles. The molecule has 0 unspecified atom stereocenters. The van der Waals surface area contributed by atoms with Gasteiger partial charge in [-0.1, -0.05) is 60.7 Å². The van der Waals surface area contributed by atoms with Gasteiger partial charge in [0.05, 0.1) is 22.8 Å². The highest BCUT2D eigenvalue weighted by atomic mass is 14.7. The Balaban J connectivity index is 1.68. The largest absolute Gasteiger partial charge is 0.248 e. The Morgan fingerprint density at radius 1 is 0.625 bits per heavy atom. The maximum atomic E-state index is 8.88. The van der Waals surface area contributed by atoms with Gasteiger partial charge in [0.1, 0.15) is 0 Å². The second-order valence-electron chi connectivity index (χ2n) is 5.66. The molecule has 0 bridgehead atoms. The van der Waals surface area contributed by atoms with Gasteiger partial charge in [0.15, 0.2) is 0 Å². The predicted molar refractivity (Wildman–Crippen MR) is 97.3 cm³/mol. The van der Waals surface area contributed by atoms with Gasteiger partial charge in [-0.05, 0) is 35.4 Å². The van der Waals surface area contributed by atoms with Crippen LogP contribution in [0.3, 0.4) is 0 Å². The number of pyridine rings is 1. The normalized spacial score (nSPS) is 10.5. The number of benzene rings is 3. The van der Waals surface area contributed by atoms with Crippen LogP contribution in [-0.4, -0.2) is 4.98 Å². The highest BCUT2D eigenvalue weighted by Gasteiger charge is 2.03. The van der Waals surface area contributed by atoms with Gasteiger partial charge in [0.25, 0.3) is 0 Å². The van der Waals surface area contributed by atoms with Crippen molar-refractivity contribution in [1.29, 1.82) is 5.26 Å². The van der Waals surface area contributed by atoms with Crippen LogP contribution in [0.2, 0.25) is 0 Å². The molecular formula is C22H14N2. The minimum atomic E-state index is 0.677. The lowest BCUT2D eigenvalue weighted by Crippen LogP contribution is -1.86. The van der Waals surface area contributed by atoms with E-state index in [1.807, 2.05) is 42.5 Å². The first-order valence-electron chi connectivity index (χ1n) is 7.80. The molecule has 1 aromatic heterocycles. The average Bonchev–Trinajstić information content (AvgIpc) is 2.68. The summed E-state index contributed by atoms with van der Waals surface area (Å²) >= 11 is 0. The first kappa shape index (κ1) is 14.2. The Bertz CT molecular complexity index is 1040. The van der Waals surface area contributed by atoms with E-state index in [0.717, 1.165) is 33.3 Å². The fraction of sp³-hybridized carbons (Fsp3) is 0. The highest BCUT2D eigenvalue weighted by molar-refractivity contribution is 5.81. The van der Waals surface area contributed by atoms with Crippen molar-refractivity contribution in [3.05, 3.63) is 90.5 Å². The summed E-state index contributed by atoms with van der Waals surface area (Å²) in [4.78, 5) is 4.73. The highest BCUT2D eigenvalue weighted by Crippen LogP contribution is 2.25. The second-order valence-corrected chi connectivity index (χ2v) is 5.66. The minimum absolute atomic E-state index is 0.677. The van der Waals surface area contributed by atoms with Crippen LogP contribution < -0.4 is 0 Å². The van der Waals surface area contributed by atoms with Gasteiger partial charge in [-0.15, -0.1) is 0 Å². The van der Waals surface area contributed by atoms with Crippen molar-refractivity contribution in [3.63, 3.8) is 0 Å². The second kappa shape index (κ2) is 5.98. The summed E-state index contributed by atoms with van der Waals surface area (Å²) in [5.74, 6) is 0. The van der Waals surface area contributed by atoms with Gasteiger partial charge in [0.2, 0.25) is 0 Å². The summed E-state index contributed by atoms with van der Waals surface area (Å²) in [5.41, 5.74) is 5.98. The Labute approximate surface area is 140 Å². The lowest BCUT2D eigenvalue weighted by atomic mass is 10.0. The molecule has 3 aromatic carbocycles. The molecular weight excluding hydrogens is 292 g/mol. The van der Waals surface area contributed by atoms with E-state index in [1.165, 1.54) is 0 Å². The van der Waals surface area contributed by atoms with E-state index in [1.54, 1.807) is 0 Å². The molecule has 0 saturated heterocycles. The molecule has 2 nitrogen and oxygen atoms in total. The standard InChI is InChI=1S/C22H14N2/c23-15-16-5-7-17(8-6-16)18-9-11-20(12-10-18)22-14-13-19-3-1-2-4-21(19)24-22/h1-14H. The summed E-state index contributed by atoms with van der Waals surface area (Å²) in [6.45, 7) is 0. The Kier molecular flexibility index (Phi) is 3.53. The van der Waals surface area contributed by atoms with Crippen molar-refractivity contribution in [2.45, 2.75) is 0 Å². The van der Waals surface area contributed by atoms with Crippen LogP contribution in [0, 0.1) is 11.3 Å². The summed E-state index contributed by atoms with van der Waals surface area (Å²) in [6, 6.07) is 30.4. The zero-order valence-electron chi connectivity index (χ0n) is 13.0. The molecule has 0 aliphatic heterocycles. The zero-order valence-corrected chi connectivity index (χ0v) is 13.0. The summed E-state index contributed by atoms with van der Waals surface area (Å²) in [5, 5.41) is 10.0. The SMILES string of the molecule is N#Cc1ccc(-c2ccc(-c3ccc4ccccc4n3)cc2)cc1. The van der Waals surface area contributed by atoms with Crippen molar-refractivity contribution < 1.29 is 0 Å². The van der Waals surface area contributed by atoms with Crippen molar-refractivity contribution >= 4 is 10.9 Å². The van der Waals surface area contributed by atoms with Gasteiger partial charge >= 0.3 is 0 Å². The quantitative estimate of drug-likeness (QED) is 0.494. The topological polar surface area (TPSA) is 36.7 Å². The van der Waals surface area contributed by atoms with Crippen molar-refractivity contribution in [2.75, 3.05) is 0 Å². The van der Waals surface area contributed by atoms with E-state index in [-0.39, 0.29) is 0 Å². The first-order chi connectivity index (χ1) is 11.8. The van der Waals surface area contributed by atoms with E-state index < -0.39 is 0 Å². The van der Waals surface area contributed by atoms with Crippen LogP contribution >= 0.6 is 0 Å². The maximum Gasteiger partial charge on any atom is 0.0991 e. The van der Waals surface area contributed by atoms with E-state index in [0.29, 0.717) is 5.56 Å². The first-order valence-corrected chi connectivity index (χ1v) is 7.80. The minimum Gasteiger partial charge on any atom is -0.248 e. The number of hydrogen-bond donors (Lipinski definition) is 0. The molecule has 2 heteroatoms. The number of nitrogens with zero attached hydrogens (tertiary/aromatic N) is 2. The molecule has 0 radical (unpaired) electrons. The smallest absolute Gasteiger partial charge is 0.0991 e. The number of rotatable bonds is 2. The molecule has 0 spiro atoms. The van der Waals surface area contributed by atoms with Crippen LogP contribution in [-0.2, 0) is 0 Å². The maximum absolute atomic E-state index is 8.88. The van der Waals surface area contributed by atoms with Gasteiger partial charge in [-0.25, -0.2) is 4.98 Å². The number of hydrogen-bond acceptors (Lipinski definition) is 2. The van der Waals surface area contributed by atoms with E-state index >= 15 is 0 Å². The zero-order chi connectivity index (χ0) is 16.4. The summed E-state index contributed by atoms with van der Waals surface area (Å²) in [7, 11) is 0. The molecule has 0 saturated carbocycles.